The van der Waals surface area contributed by atoms with Crippen molar-refractivity contribution in [3.8, 4) is 21.7 Å². The highest BCUT2D eigenvalue weighted by molar-refractivity contribution is 7.13. The predicted octanol–water partition coefficient (Wildman–Crippen LogP) is 2.70. The van der Waals surface area contributed by atoms with E-state index >= 15 is 0 Å². The van der Waals surface area contributed by atoms with Crippen molar-refractivity contribution in [1.29, 1.82) is 0 Å². The van der Waals surface area contributed by atoms with Gasteiger partial charge >= 0.3 is 6.03 Å². The minimum atomic E-state index is -0.0149. The zero-order chi connectivity index (χ0) is 17.8. The Morgan fingerprint density at radius 2 is 2.23 bits per heavy atom. The molecule has 0 bridgehead atoms. The van der Waals surface area contributed by atoms with E-state index in [2.05, 4.69) is 20.6 Å². The molecule has 4 rings (SSSR count). The van der Waals surface area contributed by atoms with E-state index in [1.165, 1.54) is 0 Å². The zero-order valence-electron chi connectivity index (χ0n) is 14.1. The van der Waals surface area contributed by atoms with E-state index in [0.29, 0.717) is 25.6 Å². The van der Waals surface area contributed by atoms with Crippen LogP contribution in [-0.4, -0.2) is 52.1 Å². The molecule has 1 aliphatic heterocycles. The predicted molar refractivity (Wildman–Crippen MR) is 102 cm³/mol. The molecule has 1 saturated heterocycles. The molecule has 4 heterocycles. The van der Waals surface area contributed by atoms with Crippen LogP contribution in [0.4, 0.5) is 10.7 Å². The fourth-order valence-electron chi connectivity index (χ4n) is 2.83. The summed E-state index contributed by atoms with van der Waals surface area (Å²) < 4.78 is 0. The van der Waals surface area contributed by atoms with Crippen molar-refractivity contribution < 1.29 is 4.79 Å². The van der Waals surface area contributed by atoms with E-state index < -0.39 is 0 Å². The van der Waals surface area contributed by atoms with Gasteiger partial charge in [-0.3, -0.25) is 4.98 Å². The number of hydrogen-bond acceptors (Lipinski definition) is 6. The molecule has 7 nitrogen and oxygen atoms in total. The molecule has 2 N–H and O–H groups in total. The first-order chi connectivity index (χ1) is 12.8. The van der Waals surface area contributed by atoms with Gasteiger partial charge in [0, 0.05) is 55.9 Å². The van der Waals surface area contributed by atoms with Gasteiger partial charge in [0.25, 0.3) is 0 Å². The highest BCUT2D eigenvalue weighted by Gasteiger charge is 2.18. The third-order valence-electron chi connectivity index (χ3n) is 4.13. The molecule has 1 fully saturated rings. The fraction of sp³-hybridized carbons (Fsp3) is 0.222. The third kappa shape index (κ3) is 3.50. The molecule has 132 valence electrons. The van der Waals surface area contributed by atoms with Crippen molar-refractivity contribution >= 4 is 23.3 Å². The number of pyridine rings is 1. The standard InChI is InChI=1S/C18H18N6OS/c25-18-21-7-9-24(18)8-6-20-17-22-12-14(13-3-1-5-19-11-13)16(23-17)15-4-2-10-26-15/h1-5,10-12H,6-9H2,(H,21,25)(H,20,22,23). The molecule has 0 saturated carbocycles. The average molecular weight is 366 g/mol. The second kappa shape index (κ2) is 7.49. The van der Waals surface area contributed by atoms with Gasteiger partial charge in [-0.05, 0) is 17.5 Å². The van der Waals surface area contributed by atoms with E-state index in [0.717, 1.165) is 28.2 Å². The summed E-state index contributed by atoms with van der Waals surface area (Å²) in [6.07, 6.45) is 5.39. The number of anilines is 1. The Morgan fingerprint density at radius 3 is 2.96 bits per heavy atom. The molecule has 3 aromatic heterocycles. The van der Waals surface area contributed by atoms with Gasteiger partial charge in [0.1, 0.15) is 0 Å². The van der Waals surface area contributed by atoms with Crippen LogP contribution < -0.4 is 10.6 Å². The Bertz CT molecular complexity index is 884. The molecule has 0 spiro atoms. The lowest BCUT2D eigenvalue weighted by atomic mass is 10.1. The highest BCUT2D eigenvalue weighted by Crippen LogP contribution is 2.32. The molecule has 0 aliphatic carbocycles. The van der Waals surface area contributed by atoms with Crippen molar-refractivity contribution in [3.63, 3.8) is 0 Å². The lowest BCUT2D eigenvalue weighted by Gasteiger charge is -2.15. The highest BCUT2D eigenvalue weighted by atomic mass is 32.1. The molecule has 2 amide bonds. The van der Waals surface area contributed by atoms with Crippen molar-refractivity contribution in [2.24, 2.45) is 0 Å². The van der Waals surface area contributed by atoms with Crippen LogP contribution in [0.2, 0.25) is 0 Å². The van der Waals surface area contributed by atoms with Gasteiger partial charge in [-0.1, -0.05) is 12.1 Å². The number of urea groups is 1. The fourth-order valence-corrected chi connectivity index (χ4v) is 3.56. The van der Waals surface area contributed by atoms with Crippen LogP contribution in [0.1, 0.15) is 0 Å². The first-order valence-corrected chi connectivity index (χ1v) is 9.27. The topological polar surface area (TPSA) is 83.0 Å². The maximum absolute atomic E-state index is 11.6. The minimum Gasteiger partial charge on any atom is -0.352 e. The molecule has 0 unspecified atom stereocenters. The van der Waals surface area contributed by atoms with Gasteiger partial charge in [0.15, 0.2) is 0 Å². The van der Waals surface area contributed by atoms with E-state index in [1.54, 1.807) is 22.4 Å². The van der Waals surface area contributed by atoms with E-state index in [4.69, 9.17) is 4.98 Å². The summed E-state index contributed by atoms with van der Waals surface area (Å²) in [5.74, 6) is 0.556. The first kappa shape index (κ1) is 16.5. The molecule has 8 heteroatoms. The number of carbonyl (C=O) groups is 1. The quantitative estimate of drug-likeness (QED) is 0.701. The number of nitrogens with zero attached hydrogens (tertiary/aromatic N) is 4. The van der Waals surface area contributed by atoms with Crippen LogP contribution in [-0.2, 0) is 0 Å². The Hall–Kier alpha value is -3.00. The molecule has 0 radical (unpaired) electrons. The van der Waals surface area contributed by atoms with Gasteiger partial charge in [0.05, 0.1) is 10.6 Å². The molecular formula is C18H18N6OS. The molecule has 0 aromatic carbocycles. The van der Waals surface area contributed by atoms with Gasteiger partial charge in [-0.25, -0.2) is 14.8 Å². The smallest absolute Gasteiger partial charge is 0.317 e. The molecular weight excluding hydrogens is 348 g/mol. The Balaban J connectivity index is 1.55. The SMILES string of the molecule is O=C1NCCN1CCNc1ncc(-c2cccnc2)c(-c2cccs2)n1. The van der Waals surface area contributed by atoms with Gasteiger partial charge in [-0.15, -0.1) is 11.3 Å². The van der Waals surface area contributed by atoms with Gasteiger partial charge in [-0.2, -0.15) is 0 Å². The number of thiophene rings is 1. The van der Waals surface area contributed by atoms with Crippen LogP contribution in [0.5, 0.6) is 0 Å². The van der Waals surface area contributed by atoms with Crippen LogP contribution in [0.15, 0.2) is 48.2 Å². The molecule has 1 aliphatic rings. The first-order valence-electron chi connectivity index (χ1n) is 8.39. The average Bonchev–Trinajstić information content (AvgIpc) is 3.35. The summed E-state index contributed by atoms with van der Waals surface area (Å²) in [6.45, 7) is 2.66. The maximum Gasteiger partial charge on any atom is 0.317 e. The number of rotatable bonds is 6. The summed E-state index contributed by atoms with van der Waals surface area (Å²) in [6, 6.07) is 7.95. The van der Waals surface area contributed by atoms with Crippen LogP contribution in [0.3, 0.4) is 0 Å². The number of hydrogen-bond donors (Lipinski definition) is 2. The van der Waals surface area contributed by atoms with Crippen LogP contribution in [0.25, 0.3) is 21.7 Å². The van der Waals surface area contributed by atoms with Crippen molar-refractivity contribution in [1.82, 2.24) is 25.2 Å². The summed E-state index contributed by atoms with van der Waals surface area (Å²) in [7, 11) is 0. The van der Waals surface area contributed by atoms with E-state index in [1.807, 2.05) is 42.0 Å². The molecule has 0 atom stereocenters. The third-order valence-corrected chi connectivity index (χ3v) is 5.00. The normalized spacial score (nSPS) is 13.7. The number of carbonyl (C=O) groups excluding carboxylic acids is 1. The largest absolute Gasteiger partial charge is 0.352 e. The van der Waals surface area contributed by atoms with Gasteiger partial charge < -0.3 is 15.5 Å². The van der Waals surface area contributed by atoms with Crippen molar-refractivity contribution in [2.45, 2.75) is 0 Å². The van der Waals surface area contributed by atoms with Crippen LogP contribution in [0, 0.1) is 0 Å². The Labute approximate surface area is 155 Å². The Kier molecular flexibility index (Phi) is 4.74. The number of aromatic nitrogens is 3. The van der Waals surface area contributed by atoms with Crippen molar-refractivity contribution in [2.75, 3.05) is 31.5 Å². The summed E-state index contributed by atoms with van der Waals surface area (Å²) in [5, 5.41) is 8.04. The maximum atomic E-state index is 11.6. The lowest BCUT2D eigenvalue weighted by Crippen LogP contribution is -2.32. The zero-order valence-corrected chi connectivity index (χ0v) is 14.9. The lowest BCUT2D eigenvalue weighted by molar-refractivity contribution is 0.219. The number of nitrogens with one attached hydrogen (secondary N) is 2. The minimum absolute atomic E-state index is 0.0149. The second-order valence-corrected chi connectivity index (χ2v) is 6.77. The van der Waals surface area contributed by atoms with Crippen LogP contribution >= 0.6 is 11.3 Å². The summed E-state index contributed by atoms with van der Waals surface area (Å²) in [4.78, 5) is 27.8. The van der Waals surface area contributed by atoms with Gasteiger partial charge in [0.2, 0.25) is 5.95 Å². The molecule has 3 aromatic rings. The van der Waals surface area contributed by atoms with E-state index in [-0.39, 0.29) is 6.03 Å². The Morgan fingerprint density at radius 1 is 1.27 bits per heavy atom. The van der Waals surface area contributed by atoms with E-state index in [9.17, 15) is 4.79 Å². The summed E-state index contributed by atoms with van der Waals surface area (Å²) in [5.41, 5.74) is 2.81. The summed E-state index contributed by atoms with van der Waals surface area (Å²) >= 11 is 1.64. The second-order valence-electron chi connectivity index (χ2n) is 5.82. The van der Waals surface area contributed by atoms with Crippen molar-refractivity contribution in [3.05, 3.63) is 48.2 Å². The number of amides is 2. The molecule has 26 heavy (non-hydrogen) atoms. The monoisotopic (exact) mass is 366 g/mol.